The van der Waals surface area contributed by atoms with Gasteiger partial charge in [0.05, 0.1) is 6.54 Å². The highest BCUT2D eigenvalue weighted by molar-refractivity contribution is 6.04. The Hall–Kier alpha value is -4.05. The molecule has 174 valence electrons. The number of fused-ring (bicyclic) bond motifs is 1. The van der Waals surface area contributed by atoms with Gasteiger partial charge in [-0.3, -0.25) is 9.59 Å². The highest BCUT2D eigenvalue weighted by Crippen LogP contribution is 2.25. The number of hydrogen-bond acceptors (Lipinski definition) is 4. The number of likely N-dealkylation sites (tertiary alicyclic amines) is 1. The van der Waals surface area contributed by atoms with E-state index in [1.165, 1.54) is 0 Å². The van der Waals surface area contributed by atoms with E-state index in [0.717, 1.165) is 27.8 Å². The van der Waals surface area contributed by atoms with E-state index < -0.39 is 0 Å². The molecule has 2 amide bonds. The molecule has 0 aliphatic carbocycles. The predicted octanol–water partition coefficient (Wildman–Crippen LogP) is 3.66. The molecule has 1 fully saturated rings. The molecule has 0 spiro atoms. The summed E-state index contributed by atoms with van der Waals surface area (Å²) in [6.07, 6.45) is 4.67. The molecule has 1 saturated heterocycles. The Balaban J connectivity index is 1.53. The fourth-order valence-corrected chi connectivity index (χ4v) is 4.38. The van der Waals surface area contributed by atoms with Crippen molar-refractivity contribution >= 4 is 28.8 Å². The zero-order chi connectivity index (χ0) is 24.1. The monoisotopic (exact) mass is 456 g/mol. The predicted molar refractivity (Wildman–Crippen MR) is 131 cm³/mol. The molecule has 2 heterocycles. The van der Waals surface area contributed by atoms with Gasteiger partial charge < -0.3 is 19.9 Å². The largest absolute Gasteiger partial charge is 0.491 e. The summed E-state index contributed by atoms with van der Waals surface area (Å²) in [6, 6.07) is 17.9. The van der Waals surface area contributed by atoms with Crippen molar-refractivity contribution in [3.63, 3.8) is 0 Å². The van der Waals surface area contributed by atoms with Crippen LogP contribution in [0.3, 0.4) is 0 Å². The van der Waals surface area contributed by atoms with Crippen molar-refractivity contribution < 1.29 is 14.3 Å². The van der Waals surface area contributed by atoms with E-state index in [2.05, 4.69) is 10.6 Å². The minimum atomic E-state index is -0.331. The third-order valence-electron chi connectivity index (χ3n) is 6.34. The molecule has 0 bridgehead atoms. The van der Waals surface area contributed by atoms with Crippen LogP contribution in [0.4, 0.5) is 0 Å². The lowest BCUT2D eigenvalue weighted by atomic mass is 9.96. The molecule has 0 unspecified atom stereocenters. The second-order valence-electron chi connectivity index (χ2n) is 8.55. The summed E-state index contributed by atoms with van der Waals surface area (Å²) in [4.78, 5) is 26.0. The van der Waals surface area contributed by atoms with Crippen LogP contribution in [0.5, 0.6) is 5.75 Å². The van der Waals surface area contributed by atoms with E-state index in [-0.39, 0.29) is 23.3 Å². The fraction of sp³-hybridized carbons (Fsp3) is 0.296. The number of nitrogens with two attached hydrogens (primary N) is 1. The van der Waals surface area contributed by atoms with E-state index in [9.17, 15) is 14.9 Å². The van der Waals surface area contributed by atoms with Gasteiger partial charge in [-0.2, -0.15) is 5.26 Å². The van der Waals surface area contributed by atoms with Gasteiger partial charge in [-0.15, -0.1) is 0 Å². The van der Waals surface area contributed by atoms with Gasteiger partial charge in [0.1, 0.15) is 24.0 Å². The third-order valence-corrected chi connectivity index (χ3v) is 6.34. The minimum Gasteiger partial charge on any atom is -0.491 e. The van der Waals surface area contributed by atoms with Gasteiger partial charge in [-0.1, -0.05) is 36.4 Å². The molecule has 0 atom stereocenters. The summed E-state index contributed by atoms with van der Waals surface area (Å²) in [5.74, 6) is 0.00230. The first-order chi connectivity index (χ1) is 16.5. The number of carbonyl (C=O) groups is 2. The Morgan fingerprint density at radius 1 is 1.15 bits per heavy atom. The zero-order valence-electron chi connectivity index (χ0n) is 19.2. The number of primary amides is 1. The second kappa shape index (κ2) is 10.3. The van der Waals surface area contributed by atoms with E-state index in [4.69, 9.17) is 10.5 Å². The van der Waals surface area contributed by atoms with E-state index in [1.54, 1.807) is 11.0 Å². The number of carbonyl (C=O) groups excluding carboxylic acids is 2. The average molecular weight is 457 g/mol. The average Bonchev–Trinajstić information content (AvgIpc) is 3.20. The van der Waals surface area contributed by atoms with Gasteiger partial charge in [-0.05, 0) is 43.5 Å². The summed E-state index contributed by atoms with van der Waals surface area (Å²) >= 11 is 0. The summed E-state index contributed by atoms with van der Waals surface area (Å²) in [6.45, 7) is 3.97. The van der Waals surface area contributed by atoms with Crippen LogP contribution in [0.1, 0.15) is 24.0 Å². The molecule has 0 saturated carbocycles. The lowest BCUT2D eigenvalue weighted by Gasteiger charge is -2.30. The Kier molecular flexibility index (Phi) is 6.98. The summed E-state index contributed by atoms with van der Waals surface area (Å²) < 4.78 is 8.04. The Bertz CT molecular complexity index is 1280. The Morgan fingerprint density at radius 2 is 1.85 bits per heavy atom. The van der Waals surface area contributed by atoms with Gasteiger partial charge in [-0.25, -0.2) is 0 Å². The van der Waals surface area contributed by atoms with E-state index in [1.807, 2.05) is 61.7 Å². The number of ether oxygens (including phenoxy) is 1. The molecular formula is C27H28N4O3. The number of hydrogen-bond donors (Lipinski definition) is 1. The van der Waals surface area contributed by atoms with Crippen molar-refractivity contribution in [2.24, 2.45) is 11.7 Å². The SMILES string of the molecule is Cc1ccccc1OCCn1cc(/C=C(\C#N)C(=O)N2CCC(C(N)=O)CC2)c2ccccc21. The molecule has 34 heavy (non-hydrogen) atoms. The van der Waals surface area contributed by atoms with Crippen molar-refractivity contribution in [3.05, 3.63) is 71.4 Å². The van der Waals surface area contributed by atoms with Crippen LogP contribution >= 0.6 is 0 Å². The zero-order valence-corrected chi connectivity index (χ0v) is 19.2. The highest BCUT2D eigenvalue weighted by atomic mass is 16.5. The number of para-hydroxylation sites is 2. The van der Waals surface area contributed by atoms with Crippen molar-refractivity contribution in [1.29, 1.82) is 5.26 Å². The van der Waals surface area contributed by atoms with Gasteiger partial charge in [0.15, 0.2) is 0 Å². The maximum Gasteiger partial charge on any atom is 0.264 e. The van der Waals surface area contributed by atoms with Crippen molar-refractivity contribution in [2.45, 2.75) is 26.3 Å². The molecule has 2 N–H and O–H groups in total. The van der Waals surface area contributed by atoms with Gasteiger partial charge in [0.25, 0.3) is 5.91 Å². The van der Waals surface area contributed by atoms with Crippen LogP contribution in [-0.4, -0.2) is 41.0 Å². The van der Waals surface area contributed by atoms with Crippen LogP contribution < -0.4 is 10.5 Å². The number of piperidine rings is 1. The quantitative estimate of drug-likeness (QED) is 0.433. The number of nitriles is 1. The lowest BCUT2D eigenvalue weighted by Crippen LogP contribution is -2.42. The van der Waals surface area contributed by atoms with E-state index >= 15 is 0 Å². The maximum atomic E-state index is 13.0. The molecule has 2 aromatic carbocycles. The van der Waals surface area contributed by atoms with Crippen LogP contribution in [0.15, 0.2) is 60.3 Å². The van der Waals surface area contributed by atoms with Crippen LogP contribution in [0.25, 0.3) is 17.0 Å². The highest BCUT2D eigenvalue weighted by Gasteiger charge is 2.27. The fourth-order valence-electron chi connectivity index (χ4n) is 4.38. The number of nitrogens with zero attached hydrogens (tertiary/aromatic N) is 3. The topological polar surface area (TPSA) is 101 Å². The molecule has 7 nitrogen and oxygen atoms in total. The van der Waals surface area contributed by atoms with Crippen LogP contribution in [0.2, 0.25) is 0 Å². The molecule has 4 rings (SSSR count). The molecule has 1 aromatic heterocycles. The molecular weight excluding hydrogens is 428 g/mol. The van der Waals surface area contributed by atoms with Crippen molar-refractivity contribution in [2.75, 3.05) is 19.7 Å². The second-order valence-corrected chi connectivity index (χ2v) is 8.55. The first kappa shape index (κ1) is 23.1. The number of rotatable bonds is 7. The van der Waals surface area contributed by atoms with Crippen LogP contribution in [-0.2, 0) is 16.1 Å². The maximum absolute atomic E-state index is 13.0. The smallest absolute Gasteiger partial charge is 0.264 e. The third kappa shape index (κ3) is 4.96. The molecule has 0 radical (unpaired) electrons. The summed E-state index contributed by atoms with van der Waals surface area (Å²) in [5.41, 5.74) is 8.37. The summed E-state index contributed by atoms with van der Waals surface area (Å²) in [7, 11) is 0. The van der Waals surface area contributed by atoms with Crippen molar-refractivity contribution in [1.82, 2.24) is 9.47 Å². The molecule has 1 aliphatic heterocycles. The minimum absolute atomic E-state index is 0.0802. The first-order valence-electron chi connectivity index (χ1n) is 11.4. The van der Waals surface area contributed by atoms with Gasteiger partial charge >= 0.3 is 0 Å². The standard InChI is InChI=1S/C27H28N4O3/c1-19-6-2-5-9-25(19)34-15-14-31-18-22(23-7-3-4-8-24(23)31)16-21(17-28)27(33)30-12-10-20(11-13-30)26(29)32/h2-9,16,18,20H,10-15H2,1H3,(H2,29,32)/b21-16+. The molecule has 7 heteroatoms. The van der Waals surface area contributed by atoms with Crippen molar-refractivity contribution in [3.8, 4) is 11.8 Å². The number of amides is 2. The molecule has 1 aliphatic rings. The summed E-state index contributed by atoms with van der Waals surface area (Å²) in [5, 5.41) is 10.7. The molecule has 3 aromatic rings. The number of benzene rings is 2. The van der Waals surface area contributed by atoms with Crippen LogP contribution in [0, 0.1) is 24.2 Å². The number of aromatic nitrogens is 1. The van der Waals surface area contributed by atoms with E-state index in [0.29, 0.717) is 39.1 Å². The number of aryl methyl sites for hydroxylation is 1. The van der Waals surface area contributed by atoms with Gasteiger partial charge in [0.2, 0.25) is 5.91 Å². The van der Waals surface area contributed by atoms with Gasteiger partial charge in [0, 0.05) is 41.7 Å². The Labute approximate surface area is 199 Å². The first-order valence-corrected chi connectivity index (χ1v) is 11.4. The lowest BCUT2D eigenvalue weighted by molar-refractivity contribution is -0.131. The normalized spacial score (nSPS) is 14.7. The Morgan fingerprint density at radius 3 is 2.56 bits per heavy atom.